The van der Waals surface area contributed by atoms with Crippen molar-refractivity contribution in [1.29, 1.82) is 0 Å². The van der Waals surface area contributed by atoms with Crippen LogP contribution in [0.25, 0.3) is 0 Å². The third kappa shape index (κ3) is 6.53. The molecule has 4 bridgehead atoms. The highest BCUT2D eigenvalue weighted by Crippen LogP contribution is 2.66. The average molecular weight is 573 g/mol. The van der Waals surface area contributed by atoms with Crippen LogP contribution in [0, 0.1) is 28.5 Å². The molecule has 5 N–H and O–H groups in total. The van der Waals surface area contributed by atoms with Crippen LogP contribution in [-0.2, 0) is 4.79 Å². The van der Waals surface area contributed by atoms with Crippen LogP contribution in [0.4, 0.5) is 14.9 Å². The van der Waals surface area contributed by atoms with Crippen molar-refractivity contribution in [3.63, 3.8) is 0 Å². The Morgan fingerprint density at radius 2 is 1.59 bits per heavy atom. The maximum atomic E-state index is 15.0. The number of amides is 4. The number of aliphatic hydroxyl groups excluding tert-OH is 2. The molecule has 5 aliphatic rings. The van der Waals surface area contributed by atoms with Gasteiger partial charge < -0.3 is 31.1 Å². The second-order valence-electron chi connectivity index (χ2n) is 14.0. The minimum atomic E-state index is -0.667. The summed E-state index contributed by atoms with van der Waals surface area (Å²) < 4.78 is 15.0. The summed E-state index contributed by atoms with van der Waals surface area (Å²) in [4.78, 5) is 40.1. The van der Waals surface area contributed by atoms with Gasteiger partial charge in [-0.3, -0.25) is 9.59 Å². The number of benzene rings is 1. The molecule has 1 aromatic carbocycles. The summed E-state index contributed by atoms with van der Waals surface area (Å²) in [7, 11) is 0. The quantitative estimate of drug-likeness (QED) is 0.307. The Balaban J connectivity index is 1.13. The van der Waals surface area contributed by atoms with E-state index in [0.717, 1.165) is 25.3 Å². The van der Waals surface area contributed by atoms with Gasteiger partial charge in [0.2, 0.25) is 5.91 Å². The Labute approximate surface area is 241 Å². The molecular formula is C31H45FN4O5. The van der Waals surface area contributed by atoms with Gasteiger partial charge in [-0.25, -0.2) is 9.18 Å². The maximum Gasteiger partial charge on any atom is 0.319 e. The van der Waals surface area contributed by atoms with Gasteiger partial charge in [0.1, 0.15) is 5.82 Å². The highest BCUT2D eigenvalue weighted by Gasteiger charge is 2.60. The second-order valence-corrected chi connectivity index (χ2v) is 14.0. The van der Waals surface area contributed by atoms with Crippen molar-refractivity contribution >= 4 is 23.5 Å². The second kappa shape index (κ2) is 11.5. The van der Waals surface area contributed by atoms with E-state index in [-0.39, 0.29) is 71.8 Å². The van der Waals surface area contributed by atoms with Gasteiger partial charge >= 0.3 is 6.03 Å². The first-order chi connectivity index (χ1) is 19.4. The lowest BCUT2D eigenvalue weighted by Crippen LogP contribution is -2.65. The first kappa shape index (κ1) is 29.8. The smallest absolute Gasteiger partial charge is 0.319 e. The SMILES string of the molecule is CC12CC3CC(C)(C1)CC(NC(=O)Nc1ccc(C(=O)NC4CCC(C(=O)N(CCO)CCO)CC4)cc1F)(C3)C2. The normalized spacial score (nSPS) is 33.7. The Hall–Kier alpha value is -2.72. The lowest BCUT2D eigenvalue weighted by molar-refractivity contribution is -0.137. The maximum absolute atomic E-state index is 15.0. The van der Waals surface area contributed by atoms with E-state index in [1.54, 1.807) is 0 Å². The molecule has 0 heterocycles. The van der Waals surface area contributed by atoms with Gasteiger partial charge in [-0.05, 0) is 99.2 Å². The molecule has 41 heavy (non-hydrogen) atoms. The number of anilines is 1. The van der Waals surface area contributed by atoms with E-state index in [1.165, 1.54) is 36.3 Å². The first-order valence-corrected chi connectivity index (χ1v) is 15.1. The highest BCUT2D eigenvalue weighted by molar-refractivity contribution is 5.96. The van der Waals surface area contributed by atoms with Gasteiger partial charge in [-0.2, -0.15) is 0 Å². The molecule has 9 nitrogen and oxygen atoms in total. The molecular weight excluding hydrogens is 527 g/mol. The molecule has 5 saturated carbocycles. The van der Waals surface area contributed by atoms with Crippen molar-refractivity contribution in [2.24, 2.45) is 22.7 Å². The number of halogens is 1. The van der Waals surface area contributed by atoms with Crippen molar-refractivity contribution < 1.29 is 29.0 Å². The molecule has 226 valence electrons. The Morgan fingerprint density at radius 3 is 2.15 bits per heavy atom. The van der Waals surface area contributed by atoms with Crippen LogP contribution >= 0.6 is 0 Å². The third-order valence-corrected chi connectivity index (χ3v) is 9.95. The fourth-order valence-electron chi connectivity index (χ4n) is 9.32. The zero-order valence-electron chi connectivity index (χ0n) is 24.3. The average Bonchev–Trinajstić information content (AvgIpc) is 2.87. The highest BCUT2D eigenvalue weighted by atomic mass is 19.1. The number of hydrogen-bond donors (Lipinski definition) is 5. The molecule has 5 aliphatic carbocycles. The summed E-state index contributed by atoms with van der Waals surface area (Å²) in [6, 6.07) is 3.55. The molecule has 0 aliphatic heterocycles. The van der Waals surface area contributed by atoms with Crippen molar-refractivity contribution in [2.45, 2.75) is 89.6 Å². The van der Waals surface area contributed by atoms with E-state index < -0.39 is 17.8 Å². The topological polar surface area (TPSA) is 131 Å². The molecule has 5 fully saturated rings. The summed E-state index contributed by atoms with van der Waals surface area (Å²) in [6.07, 6.45) is 8.93. The number of hydrogen-bond acceptors (Lipinski definition) is 5. The van der Waals surface area contributed by atoms with Crippen LogP contribution in [0.3, 0.4) is 0 Å². The van der Waals surface area contributed by atoms with E-state index in [4.69, 9.17) is 0 Å². The molecule has 0 saturated heterocycles. The fraction of sp³-hybridized carbons (Fsp3) is 0.710. The summed E-state index contributed by atoms with van der Waals surface area (Å²) in [5.41, 5.74) is 0.456. The number of nitrogens with one attached hydrogen (secondary N) is 3. The summed E-state index contributed by atoms with van der Waals surface area (Å²) in [5.74, 6) is -0.733. The predicted octanol–water partition coefficient (Wildman–Crippen LogP) is 3.80. The number of urea groups is 1. The van der Waals surface area contributed by atoms with E-state index in [0.29, 0.717) is 31.6 Å². The summed E-state index contributed by atoms with van der Waals surface area (Å²) >= 11 is 0. The number of carbonyl (C=O) groups is 3. The summed E-state index contributed by atoms with van der Waals surface area (Å²) in [5, 5.41) is 27.2. The number of carbonyl (C=O) groups excluding carboxylic acids is 3. The molecule has 0 spiro atoms. The molecule has 1 aromatic rings. The first-order valence-electron chi connectivity index (χ1n) is 15.1. The van der Waals surface area contributed by atoms with Crippen molar-refractivity contribution in [2.75, 3.05) is 31.6 Å². The zero-order valence-corrected chi connectivity index (χ0v) is 24.3. The predicted molar refractivity (Wildman–Crippen MR) is 153 cm³/mol. The van der Waals surface area contributed by atoms with Crippen molar-refractivity contribution in [1.82, 2.24) is 15.5 Å². The number of nitrogens with zero attached hydrogens (tertiary/aromatic N) is 1. The van der Waals surface area contributed by atoms with E-state index in [9.17, 15) is 24.6 Å². The Bertz CT molecular complexity index is 1150. The van der Waals surface area contributed by atoms with Gasteiger partial charge in [0.05, 0.1) is 18.9 Å². The van der Waals surface area contributed by atoms with Crippen LogP contribution in [0.5, 0.6) is 0 Å². The lowest BCUT2D eigenvalue weighted by Gasteiger charge is -2.65. The van der Waals surface area contributed by atoms with Gasteiger partial charge in [-0.15, -0.1) is 0 Å². The largest absolute Gasteiger partial charge is 0.395 e. The van der Waals surface area contributed by atoms with Gasteiger partial charge in [0, 0.05) is 36.2 Å². The van der Waals surface area contributed by atoms with Gasteiger partial charge in [0.25, 0.3) is 5.91 Å². The molecule has 4 amide bonds. The standard InChI is InChI=1S/C31H45FN4O5/c1-29-14-20-15-30(2,17-29)19-31(16-20,18-29)35-28(41)34-25-8-5-22(13-24(25)32)26(39)33-23-6-3-21(4-7-23)27(40)36(9-11-37)10-12-38/h5,8,13,20-21,23,37-38H,3-4,6-7,9-12,14-19H2,1-2H3,(H,33,39)(H2,34,35,41). The minimum absolute atomic E-state index is 0.0375. The van der Waals surface area contributed by atoms with Gasteiger partial charge in [-0.1, -0.05) is 13.8 Å². The monoisotopic (exact) mass is 572 g/mol. The van der Waals surface area contributed by atoms with Crippen molar-refractivity contribution in [3.05, 3.63) is 29.6 Å². The molecule has 2 atom stereocenters. The minimum Gasteiger partial charge on any atom is -0.395 e. The van der Waals surface area contributed by atoms with E-state index >= 15 is 4.39 Å². The zero-order chi connectivity index (χ0) is 29.4. The van der Waals surface area contributed by atoms with Crippen LogP contribution in [0.1, 0.15) is 88.4 Å². The van der Waals surface area contributed by atoms with Crippen molar-refractivity contribution in [3.8, 4) is 0 Å². The lowest BCUT2D eigenvalue weighted by atomic mass is 9.43. The van der Waals surface area contributed by atoms with E-state index in [1.807, 2.05) is 0 Å². The number of rotatable bonds is 9. The molecule has 0 aromatic heterocycles. The number of aliphatic hydroxyl groups is 2. The fourth-order valence-corrected chi connectivity index (χ4v) is 9.32. The molecule has 0 radical (unpaired) electrons. The molecule has 2 unspecified atom stereocenters. The van der Waals surface area contributed by atoms with E-state index in [2.05, 4.69) is 29.8 Å². The molecule has 6 rings (SSSR count). The Kier molecular flexibility index (Phi) is 8.36. The van der Waals surface area contributed by atoms with Crippen LogP contribution < -0.4 is 16.0 Å². The molecule has 10 heteroatoms. The van der Waals surface area contributed by atoms with Gasteiger partial charge in [0.15, 0.2) is 0 Å². The van der Waals surface area contributed by atoms with Crippen LogP contribution in [0.2, 0.25) is 0 Å². The third-order valence-electron chi connectivity index (χ3n) is 9.95. The Morgan fingerprint density at radius 1 is 0.951 bits per heavy atom. The summed E-state index contributed by atoms with van der Waals surface area (Å²) in [6.45, 7) is 4.73. The van der Waals surface area contributed by atoms with Crippen LogP contribution in [-0.4, -0.2) is 70.8 Å². The van der Waals surface area contributed by atoms with Crippen LogP contribution in [0.15, 0.2) is 18.2 Å².